The average Bonchev–Trinajstić information content (AvgIpc) is 3.41. The fourth-order valence-corrected chi connectivity index (χ4v) is 5.52. The van der Waals surface area contributed by atoms with Gasteiger partial charge in [-0.1, -0.05) is 60.7 Å². The molecule has 1 aliphatic rings. The van der Waals surface area contributed by atoms with Crippen LogP contribution in [0.5, 0.6) is 0 Å². The number of carbonyl (C=O) groups is 1. The smallest absolute Gasteiger partial charge is 0.369 e. The fraction of sp³-hybridized carbons (Fsp3) is 0.385. The SMILES string of the molecule is Cc1n(C2CCC(C(C(N)=O)(c3ccccc3)c3ccccc3)C2)cc[n+]1CCC(F)(F)F. The van der Waals surface area contributed by atoms with Gasteiger partial charge in [0.1, 0.15) is 23.9 Å². The number of aromatic nitrogens is 2. The quantitative estimate of drug-likeness (QED) is 0.508. The van der Waals surface area contributed by atoms with Crippen molar-refractivity contribution < 1.29 is 22.5 Å². The number of carbonyl (C=O) groups excluding carboxylic acids is 1. The second-order valence-corrected chi connectivity index (χ2v) is 8.88. The number of imidazole rings is 1. The van der Waals surface area contributed by atoms with Crippen molar-refractivity contribution in [2.75, 3.05) is 0 Å². The largest absolute Gasteiger partial charge is 0.392 e. The zero-order chi connectivity index (χ0) is 23.6. The van der Waals surface area contributed by atoms with Gasteiger partial charge in [-0.15, -0.1) is 0 Å². The second kappa shape index (κ2) is 9.04. The number of benzene rings is 2. The summed E-state index contributed by atoms with van der Waals surface area (Å²) in [4.78, 5) is 13.2. The number of nitrogens with two attached hydrogens (primary N) is 1. The summed E-state index contributed by atoms with van der Waals surface area (Å²) in [5, 5.41) is 0. The first-order valence-corrected chi connectivity index (χ1v) is 11.3. The van der Waals surface area contributed by atoms with Crippen LogP contribution in [0.15, 0.2) is 73.1 Å². The van der Waals surface area contributed by atoms with Gasteiger partial charge >= 0.3 is 6.18 Å². The average molecular weight is 457 g/mol. The Hall–Kier alpha value is -3.09. The molecule has 4 rings (SSSR count). The molecule has 0 spiro atoms. The number of hydrogen-bond acceptors (Lipinski definition) is 1. The number of rotatable bonds is 7. The maximum Gasteiger partial charge on any atom is 0.392 e. The van der Waals surface area contributed by atoms with E-state index in [-0.39, 0.29) is 24.4 Å². The van der Waals surface area contributed by atoms with E-state index in [2.05, 4.69) is 4.57 Å². The molecule has 33 heavy (non-hydrogen) atoms. The fourth-order valence-electron chi connectivity index (χ4n) is 5.52. The predicted molar refractivity (Wildman–Crippen MR) is 119 cm³/mol. The molecule has 0 aliphatic heterocycles. The third kappa shape index (κ3) is 4.41. The van der Waals surface area contributed by atoms with Crippen LogP contribution in [0.1, 0.15) is 48.7 Å². The Kier molecular flexibility index (Phi) is 6.32. The molecule has 7 heteroatoms. The highest BCUT2D eigenvalue weighted by molar-refractivity contribution is 5.91. The van der Waals surface area contributed by atoms with Crippen LogP contribution in [0.2, 0.25) is 0 Å². The van der Waals surface area contributed by atoms with E-state index in [9.17, 15) is 18.0 Å². The summed E-state index contributed by atoms with van der Waals surface area (Å²) in [6, 6.07) is 19.4. The van der Waals surface area contributed by atoms with Crippen molar-refractivity contribution in [2.24, 2.45) is 11.7 Å². The zero-order valence-electron chi connectivity index (χ0n) is 18.6. The number of nitrogens with zero attached hydrogens (tertiary/aromatic N) is 2. The topological polar surface area (TPSA) is 51.9 Å². The minimum atomic E-state index is -4.19. The van der Waals surface area contributed by atoms with Crippen LogP contribution in [-0.2, 0) is 16.8 Å². The lowest BCUT2D eigenvalue weighted by molar-refractivity contribution is -0.705. The molecule has 1 aliphatic carbocycles. The third-order valence-electron chi connectivity index (χ3n) is 7.09. The summed E-state index contributed by atoms with van der Waals surface area (Å²) in [6.45, 7) is 1.75. The Morgan fingerprint density at radius 3 is 2.12 bits per heavy atom. The number of primary amides is 1. The lowest BCUT2D eigenvalue weighted by Gasteiger charge is -2.37. The van der Waals surface area contributed by atoms with E-state index < -0.39 is 18.0 Å². The van der Waals surface area contributed by atoms with E-state index in [4.69, 9.17) is 5.73 Å². The molecule has 2 aromatic carbocycles. The van der Waals surface area contributed by atoms with Crippen molar-refractivity contribution in [3.8, 4) is 0 Å². The molecule has 4 nitrogen and oxygen atoms in total. The molecule has 1 amide bonds. The molecule has 174 valence electrons. The number of alkyl halides is 3. The lowest BCUT2D eigenvalue weighted by atomic mass is 9.64. The first-order valence-electron chi connectivity index (χ1n) is 11.3. The standard InChI is InChI=1S/C26H28F3N3O/c1-19-31(15-14-25(27,28)29)16-17-32(19)23-13-12-22(18-23)26(24(30)33,20-8-4-2-5-9-20)21-10-6-3-7-11-21/h2-11,16-17,22-23H,12-15,18H2,1H3,(H-,30,33)/p+1. The van der Waals surface area contributed by atoms with Crippen molar-refractivity contribution in [2.45, 2.75) is 56.8 Å². The summed E-state index contributed by atoms with van der Waals surface area (Å²) < 4.78 is 41.8. The van der Waals surface area contributed by atoms with Crippen LogP contribution < -0.4 is 10.3 Å². The van der Waals surface area contributed by atoms with E-state index in [0.29, 0.717) is 6.42 Å². The minimum Gasteiger partial charge on any atom is -0.369 e. The molecule has 1 heterocycles. The van der Waals surface area contributed by atoms with Crippen molar-refractivity contribution >= 4 is 5.91 Å². The van der Waals surface area contributed by atoms with E-state index in [0.717, 1.165) is 29.8 Å². The summed E-state index contributed by atoms with van der Waals surface area (Å²) in [5.74, 6) is 0.374. The molecule has 1 aromatic heterocycles. The normalized spacial score (nSPS) is 19.0. The summed E-state index contributed by atoms with van der Waals surface area (Å²) in [6.07, 6.45) is 0.849. The maximum atomic E-state index is 13.2. The van der Waals surface area contributed by atoms with Gasteiger partial charge in [0.15, 0.2) is 0 Å². The van der Waals surface area contributed by atoms with Gasteiger partial charge in [-0.25, -0.2) is 9.13 Å². The highest BCUT2D eigenvalue weighted by Crippen LogP contribution is 2.49. The molecule has 2 unspecified atom stereocenters. The molecular formula is C26H29F3N3O+. The van der Waals surface area contributed by atoms with Crippen LogP contribution >= 0.6 is 0 Å². The molecule has 1 saturated carbocycles. The van der Waals surface area contributed by atoms with Crippen LogP contribution in [0.3, 0.4) is 0 Å². The highest BCUT2D eigenvalue weighted by Gasteiger charge is 2.51. The predicted octanol–water partition coefficient (Wildman–Crippen LogP) is 4.85. The lowest BCUT2D eigenvalue weighted by Crippen LogP contribution is -2.47. The van der Waals surface area contributed by atoms with Crippen LogP contribution in [0.25, 0.3) is 0 Å². The Labute approximate surface area is 191 Å². The molecule has 0 radical (unpaired) electrons. The molecule has 3 aromatic rings. The second-order valence-electron chi connectivity index (χ2n) is 8.88. The molecule has 0 saturated heterocycles. The summed E-state index contributed by atoms with van der Waals surface area (Å²) in [7, 11) is 0. The molecular weight excluding hydrogens is 427 g/mol. The maximum absolute atomic E-state index is 13.2. The number of amides is 1. The molecule has 2 N–H and O–H groups in total. The summed E-state index contributed by atoms with van der Waals surface area (Å²) >= 11 is 0. The van der Waals surface area contributed by atoms with Crippen LogP contribution in [0, 0.1) is 12.8 Å². The number of halogens is 3. The Bertz CT molecular complexity index is 1050. The summed E-state index contributed by atoms with van der Waals surface area (Å²) in [5.41, 5.74) is 6.94. The van der Waals surface area contributed by atoms with Crippen molar-refractivity contribution in [3.63, 3.8) is 0 Å². The zero-order valence-corrected chi connectivity index (χ0v) is 18.6. The van der Waals surface area contributed by atoms with Gasteiger partial charge in [-0.2, -0.15) is 13.2 Å². The van der Waals surface area contributed by atoms with Crippen LogP contribution in [-0.4, -0.2) is 16.7 Å². The van der Waals surface area contributed by atoms with Crippen molar-refractivity contribution in [1.82, 2.24) is 4.57 Å². The Morgan fingerprint density at radius 2 is 1.61 bits per heavy atom. The van der Waals surface area contributed by atoms with Crippen molar-refractivity contribution in [1.29, 1.82) is 0 Å². The van der Waals surface area contributed by atoms with Gasteiger partial charge in [0, 0.05) is 6.92 Å². The van der Waals surface area contributed by atoms with E-state index in [1.165, 1.54) is 0 Å². The molecule has 2 atom stereocenters. The number of hydrogen-bond donors (Lipinski definition) is 1. The van der Waals surface area contributed by atoms with E-state index in [1.807, 2.05) is 73.8 Å². The monoisotopic (exact) mass is 456 g/mol. The minimum absolute atomic E-state index is 0.0322. The first-order chi connectivity index (χ1) is 15.7. The molecule has 0 bridgehead atoms. The Morgan fingerprint density at radius 1 is 1.03 bits per heavy atom. The van der Waals surface area contributed by atoms with Gasteiger partial charge < -0.3 is 5.73 Å². The van der Waals surface area contributed by atoms with Gasteiger partial charge in [0.25, 0.3) is 5.82 Å². The molecule has 1 fully saturated rings. The van der Waals surface area contributed by atoms with E-state index >= 15 is 0 Å². The van der Waals surface area contributed by atoms with Gasteiger partial charge in [-0.3, -0.25) is 4.79 Å². The van der Waals surface area contributed by atoms with Crippen molar-refractivity contribution in [3.05, 3.63) is 90.0 Å². The van der Waals surface area contributed by atoms with E-state index in [1.54, 1.807) is 10.8 Å². The van der Waals surface area contributed by atoms with Crippen LogP contribution in [0.4, 0.5) is 13.2 Å². The van der Waals surface area contributed by atoms with Gasteiger partial charge in [-0.05, 0) is 36.3 Å². The van der Waals surface area contributed by atoms with Gasteiger partial charge in [0.05, 0.1) is 13.0 Å². The highest BCUT2D eigenvalue weighted by atomic mass is 19.4. The third-order valence-corrected chi connectivity index (χ3v) is 7.09. The number of aryl methyl sites for hydroxylation is 1. The Balaban J connectivity index is 1.67. The first kappa shape index (κ1) is 23.1. The van der Waals surface area contributed by atoms with Gasteiger partial charge in [0.2, 0.25) is 5.91 Å².